The molecule has 0 radical (unpaired) electrons. The third-order valence-corrected chi connectivity index (χ3v) is 4.70. The van der Waals surface area contributed by atoms with Crippen LogP contribution in [0.1, 0.15) is 26.0 Å². The average molecular weight is 485 g/mol. The Morgan fingerprint density at radius 2 is 1.73 bits per heavy atom. The Hall–Kier alpha value is -3.36. The third-order valence-electron chi connectivity index (χ3n) is 4.70. The van der Waals surface area contributed by atoms with Crippen LogP contribution in [0, 0.1) is 17.0 Å². The summed E-state index contributed by atoms with van der Waals surface area (Å²) in [6.45, 7) is -2.50. The molecule has 8 nitrogen and oxygen atoms in total. The number of alkyl halides is 5. The summed E-state index contributed by atoms with van der Waals surface area (Å²) in [5.74, 6) is -3.77. The largest absolute Gasteiger partial charge is 0.465 e. The minimum absolute atomic E-state index is 0.141. The average Bonchev–Trinajstić information content (AvgIpc) is 3.17. The molecule has 1 aromatic carbocycles. The van der Waals surface area contributed by atoms with Crippen molar-refractivity contribution in [2.24, 2.45) is 5.41 Å². The number of nitrogens with one attached hydrogen (secondary N) is 3. The lowest BCUT2D eigenvalue weighted by atomic mass is 9.83. The van der Waals surface area contributed by atoms with Gasteiger partial charge in [-0.3, -0.25) is 10.2 Å². The molecule has 0 bridgehead atoms. The lowest BCUT2D eigenvalue weighted by Crippen LogP contribution is -2.60. The monoisotopic (exact) mass is 485 g/mol. The first-order valence-electron chi connectivity index (χ1n) is 9.05. The molecule has 2 aromatic rings. The summed E-state index contributed by atoms with van der Waals surface area (Å²) in [5, 5.41) is 13.7. The summed E-state index contributed by atoms with van der Waals surface area (Å²) in [6, 6.07) is 0.407. The van der Waals surface area contributed by atoms with Crippen LogP contribution in [0.4, 0.5) is 35.5 Å². The number of hydrogen-bond acceptors (Lipinski definition) is 4. The second-order valence-electron chi connectivity index (χ2n) is 7.32. The van der Waals surface area contributed by atoms with E-state index in [-0.39, 0.29) is 15.9 Å². The maximum Gasteiger partial charge on any atom is 0.405 e. The highest BCUT2D eigenvalue weighted by molar-refractivity contribution is 5.85. The van der Waals surface area contributed by atoms with Gasteiger partial charge in [-0.15, -0.1) is 0 Å². The first-order chi connectivity index (χ1) is 15.1. The quantitative estimate of drug-likeness (QED) is 0.338. The van der Waals surface area contributed by atoms with E-state index in [1.54, 1.807) is 5.43 Å². The molecule has 0 unspecified atom stereocenters. The number of rotatable bonds is 8. The topological polar surface area (TPSA) is 108 Å². The first kappa shape index (κ1) is 25.9. The second-order valence-corrected chi connectivity index (χ2v) is 7.32. The molecule has 4 N–H and O–H groups in total. The number of halogens is 7. The highest BCUT2D eigenvalue weighted by Gasteiger charge is 2.55. The van der Waals surface area contributed by atoms with E-state index in [4.69, 9.17) is 5.11 Å². The Morgan fingerprint density at radius 3 is 2.18 bits per heavy atom. The molecular weight excluding hydrogens is 467 g/mol. The van der Waals surface area contributed by atoms with Gasteiger partial charge in [0.25, 0.3) is 5.91 Å². The predicted molar refractivity (Wildman–Crippen MR) is 98.6 cm³/mol. The molecule has 182 valence electrons. The Balaban J connectivity index is 2.13. The molecule has 0 spiro atoms. The van der Waals surface area contributed by atoms with Crippen molar-refractivity contribution in [3.05, 3.63) is 41.6 Å². The maximum atomic E-state index is 14.3. The van der Waals surface area contributed by atoms with Gasteiger partial charge in [0.15, 0.2) is 0 Å². The molecule has 1 aromatic heterocycles. The van der Waals surface area contributed by atoms with E-state index in [0.29, 0.717) is 13.8 Å². The lowest BCUT2D eigenvalue weighted by Gasteiger charge is -2.34. The van der Waals surface area contributed by atoms with E-state index in [9.17, 15) is 40.3 Å². The second kappa shape index (κ2) is 9.64. The van der Waals surface area contributed by atoms with Crippen LogP contribution in [-0.2, 0) is 11.3 Å². The van der Waals surface area contributed by atoms with E-state index >= 15 is 0 Å². The van der Waals surface area contributed by atoms with Crippen molar-refractivity contribution in [3.8, 4) is 11.3 Å². The Morgan fingerprint density at radius 1 is 1.15 bits per heavy atom. The van der Waals surface area contributed by atoms with Crippen molar-refractivity contribution in [2.75, 3.05) is 0 Å². The minimum atomic E-state index is -4.97. The van der Waals surface area contributed by atoms with Gasteiger partial charge in [0.2, 0.25) is 0 Å². The Bertz CT molecular complexity index is 1000. The zero-order valence-corrected chi connectivity index (χ0v) is 17.0. The van der Waals surface area contributed by atoms with E-state index in [0.717, 1.165) is 24.4 Å². The molecular formula is C18H18F7N5O3. The predicted octanol–water partition coefficient (Wildman–Crippen LogP) is 3.57. The minimum Gasteiger partial charge on any atom is -0.465 e. The molecule has 33 heavy (non-hydrogen) atoms. The van der Waals surface area contributed by atoms with Gasteiger partial charge < -0.3 is 10.4 Å². The van der Waals surface area contributed by atoms with Crippen molar-refractivity contribution in [1.82, 2.24) is 25.9 Å². The van der Waals surface area contributed by atoms with Crippen LogP contribution in [0.5, 0.6) is 0 Å². The zero-order valence-electron chi connectivity index (χ0n) is 17.0. The van der Waals surface area contributed by atoms with Crippen LogP contribution >= 0.6 is 0 Å². The fraction of sp³-hybridized carbons (Fsp3) is 0.389. The number of amides is 2. The lowest BCUT2D eigenvalue weighted by molar-refractivity contribution is -0.220. The summed E-state index contributed by atoms with van der Waals surface area (Å²) in [4.78, 5) is 23.0. The number of hydrazine groups is 1. The van der Waals surface area contributed by atoms with Gasteiger partial charge in [-0.25, -0.2) is 23.7 Å². The molecule has 1 heterocycles. The molecule has 1 atom stereocenters. The standard InChI is InChI=1S/C18H18F7N5O3/c1-17(2,18(23,24)25)13(27-16(32)33)14(31)28-26-7-9-10(19)5-8(6-11(9)20)12-3-4-30(29-12)15(21)22/h3-6,13,15,26-27H,7H2,1-2H3,(H,28,31)(H,32,33)/t13-/m1/s1. The zero-order chi connectivity index (χ0) is 25.1. The van der Waals surface area contributed by atoms with Crippen molar-refractivity contribution < 1.29 is 45.4 Å². The maximum absolute atomic E-state index is 14.3. The summed E-state index contributed by atoms with van der Waals surface area (Å²) in [7, 11) is 0. The van der Waals surface area contributed by atoms with Gasteiger partial charge in [-0.05, 0) is 32.0 Å². The molecule has 2 amide bonds. The highest BCUT2D eigenvalue weighted by atomic mass is 19.4. The van der Waals surface area contributed by atoms with Crippen molar-refractivity contribution >= 4 is 12.0 Å². The Kier molecular flexibility index (Phi) is 7.57. The summed E-state index contributed by atoms with van der Waals surface area (Å²) >= 11 is 0. The van der Waals surface area contributed by atoms with E-state index in [1.807, 2.05) is 5.43 Å². The van der Waals surface area contributed by atoms with Crippen molar-refractivity contribution in [1.29, 1.82) is 0 Å². The van der Waals surface area contributed by atoms with Crippen LogP contribution in [0.25, 0.3) is 11.3 Å². The molecule has 2 rings (SSSR count). The number of carboxylic acid groups (broad SMARTS) is 1. The van der Waals surface area contributed by atoms with Crippen molar-refractivity contribution in [2.45, 2.75) is 39.2 Å². The molecule has 0 saturated heterocycles. The van der Waals surface area contributed by atoms with E-state index in [2.05, 4.69) is 5.10 Å². The SMILES string of the molecule is CC(C)([C@H](NC(=O)O)C(=O)NNCc1c(F)cc(-c2ccn(C(F)F)n2)cc1F)C(F)(F)F. The van der Waals surface area contributed by atoms with Crippen LogP contribution in [0.2, 0.25) is 0 Å². The number of benzene rings is 1. The number of hydrogen-bond donors (Lipinski definition) is 4. The van der Waals surface area contributed by atoms with Gasteiger partial charge in [0, 0.05) is 23.9 Å². The third kappa shape index (κ3) is 5.91. The Labute approximate surface area is 181 Å². The van der Waals surface area contributed by atoms with Crippen LogP contribution in [-0.4, -0.2) is 39.1 Å². The smallest absolute Gasteiger partial charge is 0.405 e. The molecule has 0 saturated carbocycles. The first-order valence-corrected chi connectivity index (χ1v) is 9.05. The summed E-state index contributed by atoms with van der Waals surface area (Å²) in [5.41, 5.74) is 0.0692. The van der Waals surface area contributed by atoms with Gasteiger partial charge in [-0.2, -0.15) is 27.1 Å². The van der Waals surface area contributed by atoms with Crippen LogP contribution in [0.3, 0.4) is 0 Å². The highest BCUT2D eigenvalue weighted by Crippen LogP contribution is 2.40. The van der Waals surface area contributed by atoms with Gasteiger partial charge in [0.05, 0.1) is 11.1 Å². The van der Waals surface area contributed by atoms with Gasteiger partial charge >= 0.3 is 18.8 Å². The molecule has 0 aliphatic heterocycles. The normalized spacial score (nSPS) is 13.2. The molecule has 0 aliphatic rings. The number of carbonyl (C=O) groups excluding carboxylic acids is 1. The summed E-state index contributed by atoms with van der Waals surface area (Å²) in [6.07, 6.45) is -5.96. The fourth-order valence-corrected chi connectivity index (χ4v) is 2.67. The summed E-state index contributed by atoms with van der Waals surface area (Å²) < 4.78 is 93.9. The van der Waals surface area contributed by atoms with Gasteiger partial charge in [-0.1, -0.05) is 0 Å². The van der Waals surface area contributed by atoms with E-state index in [1.165, 1.54) is 5.32 Å². The van der Waals surface area contributed by atoms with Gasteiger partial charge in [0.1, 0.15) is 17.7 Å². The van der Waals surface area contributed by atoms with Crippen LogP contribution in [0.15, 0.2) is 24.4 Å². The fourth-order valence-electron chi connectivity index (χ4n) is 2.67. The van der Waals surface area contributed by atoms with E-state index < -0.39 is 59.9 Å². The number of carbonyl (C=O) groups is 2. The molecule has 0 fully saturated rings. The number of aromatic nitrogens is 2. The van der Waals surface area contributed by atoms with Crippen LogP contribution < -0.4 is 16.2 Å². The molecule has 0 aliphatic carbocycles. The van der Waals surface area contributed by atoms with Crippen molar-refractivity contribution in [3.63, 3.8) is 0 Å². The molecule has 15 heteroatoms. The number of nitrogens with zero attached hydrogens (tertiary/aromatic N) is 2.